The van der Waals surface area contributed by atoms with Crippen molar-refractivity contribution in [2.75, 3.05) is 20.8 Å². The summed E-state index contributed by atoms with van der Waals surface area (Å²) in [6, 6.07) is 5.21. The molecule has 0 heterocycles. The Morgan fingerprint density at radius 1 is 1.33 bits per heavy atom. The summed E-state index contributed by atoms with van der Waals surface area (Å²) in [5.74, 6) is 1.10. The highest BCUT2D eigenvalue weighted by molar-refractivity contribution is 6.00. The van der Waals surface area contributed by atoms with E-state index in [0.717, 1.165) is 12.8 Å². The van der Waals surface area contributed by atoms with Gasteiger partial charge in [-0.05, 0) is 18.6 Å². The van der Waals surface area contributed by atoms with Crippen molar-refractivity contribution in [1.82, 2.24) is 0 Å². The molecule has 0 aliphatic heterocycles. The highest BCUT2D eigenvalue weighted by Crippen LogP contribution is 2.27. The first-order valence-corrected chi connectivity index (χ1v) is 6.14. The molecular weight excluding hydrogens is 230 g/mol. The van der Waals surface area contributed by atoms with Crippen molar-refractivity contribution in [2.24, 2.45) is 11.7 Å². The van der Waals surface area contributed by atoms with Crippen LogP contribution in [0.15, 0.2) is 18.2 Å². The summed E-state index contributed by atoms with van der Waals surface area (Å²) in [7, 11) is 3.12. The molecule has 0 aliphatic carbocycles. The number of rotatable bonds is 7. The topological polar surface area (TPSA) is 61.6 Å². The zero-order valence-electron chi connectivity index (χ0n) is 11.2. The number of ether oxygens (including phenoxy) is 2. The van der Waals surface area contributed by atoms with Crippen LogP contribution in [0.5, 0.6) is 11.5 Å². The highest BCUT2D eigenvalue weighted by Gasteiger charge is 2.21. The number of methoxy groups -OCH3 is 2. The van der Waals surface area contributed by atoms with Gasteiger partial charge < -0.3 is 15.2 Å². The number of nitrogens with two attached hydrogens (primary N) is 1. The zero-order chi connectivity index (χ0) is 13.5. The standard InChI is InChI=1S/C14H21NO3/c1-4-5-10(9-15)14(16)12-7-6-11(17-2)8-13(12)18-3/h6-8,10H,4-5,9,15H2,1-3H3. The van der Waals surface area contributed by atoms with E-state index in [-0.39, 0.29) is 11.7 Å². The van der Waals surface area contributed by atoms with Crippen molar-refractivity contribution in [1.29, 1.82) is 0 Å². The van der Waals surface area contributed by atoms with Crippen LogP contribution in [0.1, 0.15) is 30.1 Å². The Morgan fingerprint density at radius 2 is 2.06 bits per heavy atom. The SMILES string of the molecule is CCCC(CN)C(=O)c1ccc(OC)cc1OC. The van der Waals surface area contributed by atoms with Crippen molar-refractivity contribution < 1.29 is 14.3 Å². The third-order valence-electron chi connectivity index (χ3n) is 2.97. The predicted octanol–water partition coefficient (Wildman–Crippen LogP) is 2.26. The monoisotopic (exact) mass is 251 g/mol. The highest BCUT2D eigenvalue weighted by atomic mass is 16.5. The molecule has 1 aromatic carbocycles. The van der Waals surface area contributed by atoms with Crippen molar-refractivity contribution >= 4 is 5.78 Å². The molecule has 4 heteroatoms. The largest absolute Gasteiger partial charge is 0.497 e. The lowest BCUT2D eigenvalue weighted by Gasteiger charge is -2.15. The maximum absolute atomic E-state index is 12.3. The molecular formula is C14H21NO3. The Hall–Kier alpha value is -1.55. The van der Waals surface area contributed by atoms with E-state index in [2.05, 4.69) is 0 Å². The fourth-order valence-corrected chi connectivity index (χ4v) is 1.93. The molecule has 100 valence electrons. The third kappa shape index (κ3) is 3.23. The van der Waals surface area contributed by atoms with E-state index < -0.39 is 0 Å². The summed E-state index contributed by atoms with van der Waals surface area (Å²) >= 11 is 0. The van der Waals surface area contributed by atoms with Crippen molar-refractivity contribution in [3.63, 3.8) is 0 Å². The second-order valence-corrected chi connectivity index (χ2v) is 4.15. The summed E-state index contributed by atoms with van der Waals surface area (Å²) in [4.78, 5) is 12.3. The molecule has 0 bridgehead atoms. The molecule has 1 unspecified atom stereocenters. The fourth-order valence-electron chi connectivity index (χ4n) is 1.93. The molecule has 0 aliphatic rings. The van der Waals surface area contributed by atoms with E-state index in [9.17, 15) is 4.79 Å². The van der Waals surface area contributed by atoms with E-state index in [0.29, 0.717) is 23.6 Å². The van der Waals surface area contributed by atoms with Crippen LogP contribution in [0.3, 0.4) is 0 Å². The van der Waals surface area contributed by atoms with Crippen LogP contribution in [-0.4, -0.2) is 26.5 Å². The van der Waals surface area contributed by atoms with Gasteiger partial charge in [-0.1, -0.05) is 13.3 Å². The van der Waals surface area contributed by atoms with Crippen molar-refractivity contribution in [3.05, 3.63) is 23.8 Å². The van der Waals surface area contributed by atoms with Crippen LogP contribution in [-0.2, 0) is 0 Å². The smallest absolute Gasteiger partial charge is 0.170 e. The molecule has 0 saturated carbocycles. The molecule has 0 spiro atoms. The van der Waals surface area contributed by atoms with Gasteiger partial charge in [0.25, 0.3) is 0 Å². The number of hydrogen-bond donors (Lipinski definition) is 1. The Bertz CT molecular complexity index is 404. The fraction of sp³-hybridized carbons (Fsp3) is 0.500. The summed E-state index contributed by atoms with van der Waals surface area (Å²) in [5, 5.41) is 0. The van der Waals surface area contributed by atoms with E-state index >= 15 is 0 Å². The molecule has 4 nitrogen and oxygen atoms in total. The maximum Gasteiger partial charge on any atom is 0.170 e. The van der Waals surface area contributed by atoms with E-state index in [1.807, 2.05) is 6.92 Å². The van der Waals surface area contributed by atoms with Crippen LogP contribution >= 0.6 is 0 Å². The van der Waals surface area contributed by atoms with Gasteiger partial charge in [0, 0.05) is 18.5 Å². The quantitative estimate of drug-likeness (QED) is 0.755. The van der Waals surface area contributed by atoms with Gasteiger partial charge in [0.2, 0.25) is 0 Å². The average Bonchev–Trinajstić information content (AvgIpc) is 2.43. The van der Waals surface area contributed by atoms with E-state index in [1.54, 1.807) is 32.4 Å². The van der Waals surface area contributed by atoms with Crippen LogP contribution in [0, 0.1) is 5.92 Å². The average molecular weight is 251 g/mol. The van der Waals surface area contributed by atoms with Gasteiger partial charge in [-0.2, -0.15) is 0 Å². The molecule has 0 radical (unpaired) electrons. The van der Waals surface area contributed by atoms with Crippen LogP contribution in [0.4, 0.5) is 0 Å². The number of ketones is 1. The lowest BCUT2D eigenvalue weighted by atomic mass is 9.93. The van der Waals surface area contributed by atoms with Crippen LogP contribution in [0.25, 0.3) is 0 Å². The lowest BCUT2D eigenvalue weighted by Crippen LogP contribution is -2.24. The molecule has 0 fully saturated rings. The maximum atomic E-state index is 12.3. The minimum Gasteiger partial charge on any atom is -0.497 e. The summed E-state index contributed by atoms with van der Waals surface area (Å²) in [6.45, 7) is 2.41. The van der Waals surface area contributed by atoms with Gasteiger partial charge in [-0.25, -0.2) is 0 Å². The molecule has 2 N–H and O–H groups in total. The van der Waals surface area contributed by atoms with Crippen molar-refractivity contribution in [3.8, 4) is 11.5 Å². The first kappa shape index (κ1) is 14.5. The van der Waals surface area contributed by atoms with Crippen LogP contribution in [0.2, 0.25) is 0 Å². The number of carbonyl (C=O) groups is 1. The number of hydrogen-bond acceptors (Lipinski definition) is 4. The number of Topliss-reactive ketones (excluding diaryl/α,β-unsaturated/α-hetero) is 1. The molecule has 1 aromatic rings. The minimum absolute atomic E-state index is 0.0406. The predicted molar refractivity (Wildman–Crippen MR) is 71.3 cm³/mol. The first-order valence-electron chi connectivity index (χ1n) is 6.14. The first-order chi connectivity index (χ1) is 8.67. The van der Waals surface area contributed by atoms with E-state index in [1.165, 1.54) is 0 Å². The summed E-state index contributed by atoms with van der Waals surface area (Å²) in [6.07, 6.45) is 1.73. The second kappa shape index (κ2) is 7.01. The second-order valence-electron chi connectivity index (χ2n) is 4.15. The van der Waals surface area contributed by atoms with Gasteiger partial charge in [0.05, 0.1) is 19.8 Å². The van der Waals surface area contributed by atoms with Gasteiger partial charge in [0.1, 0.15) is 11.5 Å². The molecule has 0 amide bonds. The van der Waals surface area contributed by atoms with Gasteiger partial charge in [0.15, 0.2) is 5.78 Å². The van der Waals surface area contributed by atoms with Gasteiger partial charge in [-0.3, -0.25) is 4.79 Å². The van der Waals surface area contributed by atoms with Crippen molar-refractivity contribution in [2.45, 2.75) is 19.8 Å². The Kier molecular flexibility index (Phi) is 5.65. The Balaban J connectivity index is 3.03. The third-order valence-corrected chi connectivity index (χ3v) is 2.97. The normalized spacial score (nSPS) is 12.0. The van der Waals surface area contributed by atoms with Gasteiger partial charge >= 0.3 is 0 Å². The molecule has 1 atom stereocenters. The van der Waals surface area contributed by atoms with Gasteiger partial charge in [-0.15, -0.1) is 0 Å². The van der Waals surface area contributed by atoms with E-state index in [4.69, 9.17) is 15.2 Å². The number of benzene rings is 1. The zero-order valence-corrected chi connectivity index (χ0v) is 11.2. The molecule has 1 rings (SSSR count). The summed E-state index contributed by atoms with van der Waals surface area (Å²) < 4.78 is 10.3. The molecule has 0 aromatic heterocycles. The molecule has 18 heavy (non-hydrogen) atoms. The minimum atomic E-state index is -0.141. The van der Waals surface area contributed by atoms with Crippen LogP contribution < -0.4 is 15.2 Å². The Morgan fingerprint density at radius 3 is 2.56 bits per heavy atom. The Labute approximate surface area is 108 Å². The molecule has 0 saturated heterocycles. The summed E-state index contributed by atoms with van der Waals surface area (Å²) in [5.41, 5.74) is 6.23. The number of carbonyl (C=O) groups excluding carboxylic acids is 1. The lowest BCUT2D eigenvalue weighted by molar-refractivity contribution is 0.0914.